The Morgan fingerprint density at radius 1 is 1.04 bits per heavy atom. The summed E-state index contributed by atoms with van der Waals surface area (Å²) in [6.07, 6.45) is 0. The smallest absolute Gasteiger partial charge is 0.257 e. The van der Waals surface area contributed by atoms with Crippen molar-refractivity contribution in [3.05, 3.63) is 53.6 Å². The molecule has 1 N–H and O–H groups in total. The van der Waals surface area contributed by atoms with Crippen LogP contribution in [0.25, 0.3) is 0 Å². The Hall–Kier alpha value is -2.69. The van der Waals surface area contributed by atoms with Crippen molar-refractivity contribution in [2.45, 2.75) is 6.92 Å². The SMILES string of the molecule is COc1ccc(N2CCN(C(=O)c3ccc(C)cc3O)CC2)cc1. The molecule has 1 saturated heterocycles. The van der Waals surface area contributed by atoms with Crippen LogP contribution in [0, 0.1) is 6.92 Å². The minimum absolute atomic E-state index is 0.0533. The minimum atomic E-state index is -0.109. The number of piperazine rings is 1. The second kappa shape index (κ2) is 6.83. The number of aryl methyl sites for hydroxylation is 1. The number of benzene rings is 2. The highest BCUT2D eigenvalue weighted by atomic mass is 16.5. The summed E-state index contributed by atoms with van der Waals surface area (Å²) in [7, 11) is 1.65. The summed E-state index contributed by atoms with van der Waals surface area (Å²) in [5.74, 6) is 0.780. The second-order valence-electron chi connectivity index (χ2n) is 6.00. The lowest BCUT2D eigenvalue weighted by Crippen LogP contribution is -2.48. The Labute approximate surface area is 142 Å². The molecule has 0 unspecified atom stereocenters. The van der Waals surface area contributed by atoms with Gasteiger partial charge in [-0.2, -0.15) is 0 Å². The zero-order valence-electron chi connectivity index (χ0n) is 14.0. The Bertz CT molecular complexity index is 720. The predicted octanol–water partition coefficient (Wildman–Crippen LogP) is 2.67. The summed E-state index contributed by atoms with van der Waals surface area (Å²) in [6, 6.07) is 13.1. The zero-order chi connectivity index (χ0) is 17.1. The van der Waals surface area contributed by atoms with Gasteiger partial charge in [0.05, 0.1) is 12.7 Å². The van der Waals surface area contributed by atoms with Gasteiger partial charge in [0, 0.05) is 31.9 Å². The van der Waals surface area contributed by atoms with Crippen LogP contribution in [-0.2, 0) is 0 Å². The third kappa shape index (κ3) is 3.30. The van der Waals surface area contributed by atoms with Crippen LogP contribution in [0.4, 0.5) is 5.69 Å². The van der Waals surface area contributed by atoms with E-state index in [1.807, 2.05) is 37.3 Å². The van der Waals surface area contributed by atoms with E-state index in [9.17, 15) is 9.90 Å². The average Bonchev–Trinajstić information content (AvgIpc) is 2.61. The number of hydrogen-bond donors (Lipinski definition) is 1. The Kier molecular flexibility index (Phi) is 4.60. The molecule has 3 rings (SSSR count). The molecule has 24 heavy (non-hydrogen) atoms. The van der Waals surface area contributed by atoms with E-state index < -0.39 is 0 Å². The zero-order valence-corrected chi connectivity index (χ0v) is 14.0. The molecule has 1 aliphatic heterocycles. The highest BCUT2D eigenvalue weighted by molar-refractivity contribution is 5.97. The molecule has 2 aromatic rings. The number of methoxy groups -OCH3 is 1. The molecule has 126 valence electrons. The molecule has 1 amide bonds. The Balaban J connectivity index is 1.64. The minimum Gasteiger partial charge on any atom is -0.507 e. The molecule has 0 radical (unpaired) electrons. The van der Waals surface area contributed by atoms with Gasteiger partial charge in [0.2, 0.25) is 0 Å². The number of ether oxygens (including phenoxy) is 1. The van der Waals surface area contributed by atoms with Gasteiger partial charge >= 0.3 is 0 Å². The van der Waals surface area contributed by atoms with Crippen molar-refractivity contribution in [1.29, 1.82) is 0 Å². The summed E-state index contributed by atoms with van der Waals surface area (Å²) in [4.78, 5) is 16.6. The lowest BCUT2D eigenvalue weighted by atomic mass is 10.1. The summed E-state index contributed by atoms with van der Waals surface area (Å²) in [6.45, 7) is 4.70. The van der Waals surface area contributed by atoms with E-state index in [-0.39, 0.29) is 11.7 Å². The fourth-order valence-electron chi connectivity index (χ4n) is 2.95. The van der Waals surface area contributed by atoms with Crippen LogP contribution in [0.5, 0.6) is 11.5 Å². The molecule has 0 bridgehead atoms. The number of hydrogen-bond acceptors (Lipinski definition) is 4. The molecule has 0 aromatic heterocycles. The maximum Gasteiger partial charge on any atom is 0.257 e. The average molecular weight is 326 g/mol. The third-order valence-electron chi connectivity index (χ3n) is 4.39. The molecule has 0 aliphatic carbocycles. The van der Waals surface area contributed by atoms with E-state index in [1.54, 1.807) is 24.1 Å². The van der Waals surface area contributed by atoms with Crippen molar-refractivity contribution >= 4 is 11.6 Å². The maximum absolute atomic E-state index is 12.6. The number of aromatic hydroxyl groups is 1. The van der Waals surface area contributed by atoms with Crippen molar-refractivity contribution in [3.8, 4) is 11.5 Å². The lowest BCUT2D eigenvalue weighted by molar-refractivity contribution is 0.0744. The van der Waals surface area contributed by atoms with E-state index in [0.717, 1.165) is 30.1 Å². The van der Waals surface area contributed by atoms with Crippen LogP contribution in [0.2, 0.25) is 0 Å². The number of amides is 1. The van der Waals surface area contributed by atoms with E-state index >= 15 is 0 Å². The number of rotatable bonds is 3. The van der Waals surface area contributed by atoms with Gasteiger partial charge in [-0.25, -0.2) is 0 Å². The van der Waals surface area contributed by atoms with E-state index in [1.165, 1.54) is 0 Å². The van der Waals surface area contributed by atoms with Gasteiger partial charge in [0.15, 0.2) is 0 Å². The Morgan fingerprint density at radius 3 is 2.29 bits per heavy atom. The van der Waals surface area contributed by atoms with Crippen molar-refractivity contribution in [2.24, 2.45) is 0 Å². The molecule has 0 spiro atoms. The molecule has 2 aromatic carbocycles. The van der Waals surface area contributed by atoms with Crippen molar-refractivity contribution in [1.82, 2.24) is 4.90 Å². The molecular weight excluding hydrogens is 304 g/mol. The van der Waals surface area contributed by atoms with Gasteiger partial charge in [-0.05, 0) is 48.9 Å². The summed E-state index contributed by atoms with van der Waals surface area (Å²) < 4.78 is 5.18. The fourth-order valence-corrected chi connectivity index (χ4v) is 2.95. The Morgan fingerprint density at radius 2 is 1.71 bits per heavy atom. The van der Waals surface area contributed by atoms with Gasteiger partial charge in [0.25, 0.3) is 5.91 Å². The predicted molar refractivity (Wildman–Crippen MR) is 94.0 cm³/mol. The largest absolute Gasteiger partial charge is 0.507 e. The van der Waals surface area contributed by atoms with Crippen LogP contribution in [0.3, 0.4) is 0 Å². The topological polar surface area (TPSA) is 53.0 Å². The number of phenolic OH excluding ortho intramolecular Hbond substituents is 1. The first-order valence-corrected chi connectivity index (χ1v) is 8.06. The van der Waals surface area contributed by atoms with Crippen molar-refractivity contribution in [2.75, 3.05) is 38.2 Å². The monoisotopic (exact) mass is 326 g/mol. The number of phenols is 1. The van der Waals surface area contributed by atoms with E-state index in [2.05, 4.69) is 4.90 Å². The van der Waals surface area contributed by atoms with Gasteiger partial charge in [-0.1, -0.05) is 6.07 Å². The molecule has 0 saturated carbocycles. The van der Waals surface area contributed by atoms with Crippen LogP contribution < -0.4 is 9.64 Å². The molecule has 1 heterocycles. The highest BCUT2D eigenvalue weighted by Gasteiger charge is 2.24. The van der Waals surface area contributed by atoms with Crippen molar-refractivity contribution < 1.29 is 14.6 Å². The van der Waals surface area contributed by atoms with Crippen molar-refractivity contribution in [3.63, 3.8) is 0 Å². The first-order chi connectivity index (χ1) is 11.6. The lowest BCUT2D eigenvalue weighted by Gasteiger charge is -2.36. The number of carbonyl (C=O) groups excluding carboxylic acids is 1. The van der Waals surface area contributed by atoms with Crippen LogP contribution in [-0.4, -0.2) is 49.2 Å². The molecule has 1 fully saturated rings. The van der Waals surface area contributed by atoms with Gasteiger partial charge < -0.3 is 19.6 Å². The van der Waals surface area contributed by atoms with E-state index in [0.29, 0.717) is 18.7 Å². The quantitative estimate of drug-likeness (QED) is 0.942. The van der Waals surface area contributed by atoms with Crippen LogP contribution in [0.15, 0.2) is 42.5 Å². The first kappa shape index (κ1) is 16.2. The van der Waals surface area contributed by atoms with Gasteiger partial charge in [-0.3, -0.25) is 4.79 Å². The van der Waals surface area contributed by atoms with Gasteiger partial charge in [0.1, 0.15) is 11.5 Å². The number of carbonyl (C=O) groups is 1. The summed E-state index contributed by atoms with van der Waals surface area (Å²) in [5, 5.41) is 10.0. The van der Waals surface area contributed by atoms with Crippen LogP contribution in [0.1, 0.15) is 15.9 Å². The second-order valence-corrected chi connectivity index (χ2v) is 6.00. The van der Waals surface area contributed by atoms with E-state index in [4.69, 9.17) is 4.74 Å². The molecular formula is C19H22N2O3. The normalized spacial score (nSPS) is 14.6. The highest BCUT2D eigenvalue weighted by Crippen LogP contribution is 2.23. The molecule has 5 heteroatoms. The fraction of sp³-hybridized carbons (Fsp3) is 0.316. The third-order valence-corrected chi connectivity index (χ3v) is 4.39. The maximum atomic E-state index is 12.6. The standard InChI is InChI=1S/C19H22N2O3/c1-14-3-8-17(18(22)13-14)19(23)21-11-9-20(10-12-21)15-4-6-16(24-2)7-5-15/h3-8,13,22H,9-12H2,1-2H3. The number of anilines is 1. The number of nitrogens with zero attached hydrogens (tertiary/aromatic N) is 2. The van der Waals surface area contributed by atoms with Gasteiger partial charge in [-0.15, -0.1) is 0 Å². The summed E-state index contributed by atoms with van der Waals surface area (Å²) in [5.41, 5.74) is 2.44. The molecule has 1 aliphatic rings. The molecule has 0 atom stereocenters. The summed E-state index contributed by atoms with van der Waals surface area (Å²) >= 11 is 0. The first-order valence-electron chi connectivity index (χ1n) is 8.06. The molecule has 5 nitrogen and oxygen atoms in total. The van der Waals surface area contributed by atoms with Crippen LogP contribution >= 0.6 is 0 Å².